The van der Waals surface area contributed by atoms with Gasteiger partial charge in [-0.15, -0.1) is 11.3 Å². The molecule has 1 aromatic carbocycles. The van der Waals surface area contributed by atoms with Crippen molar-refractivity contribution in [3.63, 3.8) is 0 Å². The highest BCUT2D eigenvalue weighted by atomic mass is 32.1. The summed E-state index contributed by atoms with van der Waals surface area (Å²) in [5.41, 5.74) is 0.302. The molecule has 0 bridgehead atoms. The number of hydrogen-bond donors (Lipinski definition) is 1. The molecule has 0 saturated carbocycles. The Bertz CT molecular complexity index is 809. The summed E-state index contributed by atoms with van der Waals surface area (Å²) in [6.07, 6.45) is -0.692. The van der Waals surface area contributed by atoms with Gasteiger partial charge in [0.05, 0.1) is 17.7 Å². The van der Waals surface area contributed by atoms with Crippen LogP contribution in [0.25, 0.3) is 4.96 Å². The largest absolute Gasteiger partial charge is 0.416 e. The normalized spacial score (nSPS) is 11.8. The fraction of sp³-hybridized carbons (Fsp3) is 0.200. The number of amides is 1. The molecular weight excluding hydrogens is 327 g/mol. The third-order valence-corrected chi connectivity index (χ3v) is 4.00. The minimum atomic E-state index is -4.39. The van der Waals surface area contributed by atoms with Gasteiger partial charge in [0.1, 0.15) is 0 Å². The molecule has 1 amide bonds. The van der Waals surface area contributed by atoms with Crippen LogP contribution in [0.1, 0.15) is 16.8 Å². The number of carbonyl (C=O) groups is 1. The van der Waals surface area contributed by atoms with E-state index < -0.39 is 11.7 Å². The predicted octanol–water partition coefficient (Wildman–Crippen LogP) is 3.27. The molecule has 4 nitrogen and oxygen atoms in total. The predicted molar refractivity (Wildman–Crippen MR) is 80.1 cm³/mol. The molecule has 0 aliphatic rings. The van der Waals surface area contributed by atoms with Crippen molar-refractivity contribution in [2.75, 3.05) is 0 Å². The van der Waals surface area contributed by atoms with Crippen LogP contribution in [0.4, 0.5) is 13.2 Å². The fourth-order valence-electron chi connectivity index (χ4n) is 2.15. The number of thiazole rings is 1. The van der Waals surface area contributed by atoms with Crippen molar-refractivity contribution < 1.29 is 18.0 Å². The molecule has 0 saturated heterocycles. The number of carbonyl (C=O) groups excluding carboxylic acids is 1. The van der Waals surface area contributed by atoms with E-state index in [1.54, 1.807) is 12.3 Å². The Kier molecular flexibility index (Phi) is 4.08. The lowest BCUT2D eigenvalue weighted by molar-refractivity contribution is -0.137. The maximum Gasteiger partial charge on any atom is 0.416 e. The van der Waals surface area contributed by atoms with E-state index in [1.165, 1.54) is 17.4 Å². The Labute approximate surface area is 133 Å². The van der Waals surface area contributed by atoms with Crippen LogP contribution in [0.5, 0.6) is 0 Å². The number of alkyl halides is 3. The van der Waals surface area contributed by atoms with Gasteiger partial charge in [0.15, 0.2) is 4.96 Å². The van der Waals surface area contributed by atoms with Gasteiger partial charge in [-0.2, -0.15) is 13.2 Å². The number of aromatic nitrogens is 2. The van der Waals surface area contributed by atoms with E-state index in [9.17, 15) is 18.0 Å². The lowest BCUT2D eigenvalue weighted by Crippen LogP contribution is -2.24. The Morgan fingerprint density at radius 3 is 2.91 bits per heavy atom. The summed E-state index contributed by atoms with van der Waals surface area (Å²) in [5.74, 6) is -0.284. The quantitative estimate of drug-likeness (QED) is 0.793. The first kappa shape index (κ1) is 15.5. The van der Waals surface area contributed by atoms with Crippen molar-refractivity contribution in [3.05, 3.63) is 58.9 Å². The van der Waals surface area contributed by atoms with E-state index in [1.807, 2.05) is 16.0 Å². The van der Waals surface area contributed by atoms with Crippen molar-refractivity contribution in [2.24, 2.45) is 0 Å². The summed E-state index contributed by atoms with van der Waals surface area (Å²) < 4.78 is 39.7. The average Bonchev–Trinajstić information content (AvgIpc) is 3.05. The summed E-state index contributed by atoms with van der Waals surface area (Å²) >= 11 is 1.46. The molecule has 0 aliphatic heterocycles. The molecule has 0 fully saturated rings. The van der Waals surface area contributed by atoms with E-state index in [0.717, 1.165) is 17.1 Å². The van der Waals surface area contributed by atoms with Crippen LogP contribution < -0.4 is 5.32 Å². The summed E-state index contributed by atoms with van der Waals surface area (Å²) in [4.78, 5) is 17.0. The minimum Gasteiger partial charge on any atom is -0.352 e. The summed E-state index contributed by atoms with van der Waals surface area (Å²) in [5, 5.41) is 4.50. The molecule has 2 heterocycles. The van der Waals surface area contributed by atoms with Crippen molar-refractivity contribution in [1.29, 1.82) is 0 Å². The van der Waals surface area contributed by atoms with Gasteiger partial charge in [0, 0.05) is 24.3 Å². The SMILES string of the molecule is O=C(Cc1cn2ccsc2n1)NCc1cccc(C(F)(F)F)c1. The molecule has 3 rings (SSSR count). The Hall–Kier alpha value is -2.35. The molecule has 0 radical (unpaired) electrons. The number of imidazole rings is 1. The second-order valence-electron chi connectivity index (χ2n) is 4.98. The van der Waals surface area contributed by atoms with E-state index in [-0.39, 0.29) is 18.9 Å². The molecule has 2 aromatic heterocycles. The number of fused-ring (bicyclic) bond motifs is 1. The lowest BCUT2D eigenvalue weighted by Gasteiger charge is -2.09. The van der Waals surface area contributed by atoms with Gasteiger partial charge in [-0.3, -0.25) is 9.20 Å². The van der Waals surface area contributed by atoms with Gasteiger partial charge in [-0.05, 0) is 17.7 Å². The Balaban J connectivity index is 1.59. The first-order chi connectivity index (χ1) is 10.9. The van der Waals surface area contributed by atoms with Crippen LogP contribution in [0.15, 0.2) is 42.0 Å². The van der Waals surface area contributed by atoms with Crippen LogP contribution in [0.2, 0.25) is 0 Å². The van der Waals surface area contributed by atoms with E-state index in [2.05, 4.69) is 10.3 Å². The highest BCUT2D eigenvalue weighted by molar-refractivity contribution is 7.15. The fourth-order valence-corrected chi connectivity index (χ4v) is 2.87. The molecule has 0 unspecified atom stereocenters. The van der Waals surface area contributed by atoms with Crippen LogP contribution in [-0.2, 0) is 23.9 Å². The third-order valence-electron chi connectivity index (χ3n) is 3.23. The molecule has 0 aliphatic carbocycles. The summed E-state index contributed by atoms with van der Waals surface area (Å²) in [7, 11) is 0. The maximum absolute atomic E-state index is 12.6. The highest BCUT2D eigenvalue weighted by Gasteiger charge is 2.30. The third kappa shape index (κ3) is 3.70. The van der Waals surface area contributed by atoms with Crippen molar-refractivity contribution >= 4 is 22.2 Å². The average molecular weight is 339 g/mol. The van der Waals surface area contributed by atoms with Gasteiger partial charge in [-0.1, -0.05) is 12.1 Å². The number of halogens is 3. The highest BCUT2D eigenvalue weighted by Crippen LogP contribution is 2.29. The molecular formula is C15H12F3N3OS. The molecule has 8 heteroatoms. The van der Waals surface area contributed by atoms with Gasteiger partial charge < -0.3 is 5.32 Å². The van der Waals surface area contributed by atoms with E-state index in [0.29, 0.717) is 11.3 Å². The number of benzene rings is 1. The first-order valence-electron chi connectivity index (χ1n) is 6.76. The van der Waals surface area contributed by atoms with Crippen LogP contribution in [-0.4, -0.2) is 15.3 Å². The zero-order valence-corrected chi connectivity index (χ0v) is 12.6. The van der Waals surface area contributed by atoms with Crippen LogP contribution in [0, 0.1) is 0 Å². The lowest BCUT2D eigenvalue weighted by atomic mass is 10.1. The zero-order chi connectivity index (χ0) is 16.4. The Morgan fingerprint density at radius 1 is 1.35 bits per heavy atom. The van der Waals surface area contributed by atoms with Crippen LogP contribution >= 0.6 is 11.3 Å². The number of nitrogens with zero attached hydrogens (tertiary/aromatic N) is 2. The second-order valence-corrected chi connectivity index (χ2v) is 5.85. The van der Waals surface area contributed by atoms with Crippen molar-refractivity contribution in [2.45, 2.75) is 19.1 Å². The Morgan fingerprint density at radius 2 is 2.17 bits per heavy atom. The minimum absolute atomic E-state index is 0.0466. The molecule has 1 N–H and O–H groups in total. The maximum atomic E-state index is 12.6. The first-order valence-corrected chi connectivity index (χ1v) is 7.64. The van der Waals surface area contributed by atoms with Gasteiger partial charge in [0.25, 0.3) is 0 Å². The molecule has 0 spiro atoms. The van der Waals surface area contributed by atoms with Crippen molar-refractivity contribution in [1.82, 2.24) is 14.7 Å². The van der Waals surface area contributed by atoms with E-state index in [4.69, 9.17) is 0 Å². The summed E-state index contributed by atoms with van der Waals surface area (Å²) in [6.45, 7) is 0.0466. The van der Waals surface area contributed by atoms with Gasteiger partial charge >= 0.3 is 6.18 Å². The zero-order valence-electron chi connectivity index (χ0n) is 11.8. The van der Waals surface area contributed by atoms with E-state index >= 15 is 0 Å². The van der Waals surface area contributed by atoms with Gasteiger partial charge in [-0.25, -0.2) is 4.98 Å². The molecule has 3 aromatic rings. The standard InChI is InChI=1S/C15H12F3N3OS/c16-15(17,18)11-3-1-2-10(6-11)8-19-13(22)7-12-9-21-4-5-23-14(21)20-12/h1-6,9H,7-8H2,(H,19,22). The molecule has 0 atom stereocenters. The van der Waals surface area contributed by atoms with Gasteiger partial charge in [0.2, 0.25) is 5.91 Å². The molecule has 23 heavy (non-hydrogen) atoms. The monoisotopic (exact) mass is 339 g/mol. The number of nitrogens with one attached hydrogen (secondary N) is 1. The number of hydrogen-bond acceptors (Lipinski definition) is 3. The molecule has 120 valence electrons. The second kappa shape index (κ2) is 6.04. The van der Waals surface area contributed by atoms with Crippen molar-refractivity contribution in [3.8, 4) is 0 Å². The summed E-state index contributed by atoms with van der Waals surface area (Å²) in [6, 6.07) is 4.91. The van der Waals surface area contributed by atoms with Crippen LogP contribution in [0.3, 0.4) is 0 Å². The smallest absolute Gasteiger partial charge is 0.352 e. The number of rotatable bonds is 4. The topological polar surface area (TPSA) is 46.4 Å².